The standard InChI is InChI=1S/C19H15FN4O2/c1-12-2-4-13(5-3-12)11-21-24-18(25)17-10-16(22-19(26)23-17)14-6-8-15(20)9-7-14/h2-11H,1H3,(H,24,25)(H,22,23,26)/b21-11+. The summed E-state index contributed by atoms with van der Waals surface area (Å²) in [6.07, 6.45) is 1.50. The van der Waals surface area contributed by atoms with Crippen LogP contribution in [0.25, 0.3) is 11.3 Å². The molecule has 0 saturated heterocycles. The van der Waals surface area contributed by atoms with E-state index in [2.05, 4.69) is 20.5 Å². The molecule has 2 aromatic carbocycles. The van der Waals surface area contributed by atoms with E-state index in [1.165, 1.54) is 36.5 Å². The molecule has 1 heterocycles. The van der Waals surface area contributed by atoms with Gasteiger partial charge in [-0.3, -0.25) is 4.79 Å². The van der Waals surface area contributed by atoms with Crippen molar-refractivity contribution in [2.45, 2.75) is 6.92 Å². The number of nitrogens with zero attached hydrogens (tertiary/aromatic N) is 2. The number of benzene rings is 2. The van der Waals surface area contributed by atoms with Gasteiger partial charge in [0.25, 0.3) is 5.91 Å². The normalized spacial score (nSPS) is 10.8. The molecule has 1 amide bonds. The van der Waals surface area contributed by atoms with Gasteiger partial charge in [0.1, 0.15) is 11.5 Å². The van der Waals surface area contributed by atoms with E-state index in [0.717, 1.165) is 11.1 Å². The van der Waals surface area contributed by atoms with Crippen LogP contribution >= 0.6 is 0 Å². The van der Waals surface area contributed by atoms with Gasteiger partial charge < -0.3 is 4.98 Å². The Morgan fingerprint density at radius 1 is 1.15 bits per heavy atom. The zero-order valence-corrected chi connectivity index (χ0v) is 13.9. The summed E-state index contributed by atoms with van der Waals surface area (Å²) in [6.45, 7) is 1.97. The van der Waals surface area contributed by atoms with E-state index in [1.54, 1.807) is 0 Å². The quantitative estimate of drug-likeness (QED) is 0.560. The van der Waals surface area contributed by atoms with Crippen LogP contribution < -0.4 is 11.1 Å². The minimum absolute atomic E-state index is 0.00498. The summed E-state index contributed by atoms with van der Waals surface area (Å²) in [5.74, 6) is -0.988. The summed E-state index contributed by atoms with van der Waals surface area (Å²) >= 11 is 0. The van der Waals surface area contributed by atoms with E-state index in [1.807, 2.05) is 31.2 Å². The SMILES string of the molecule is Cc1ccc(/C=N/NC(=O)c2cc(-c3ccc(F)cc3)nc(=O)[nH]2)cc1. The Hall–Kier alpha value is -3.61. The van der Waals surface area contributed by atoms with E-state index in [4.69, 9.17) is 0 Å². The molecule has 26 heavy (non-hydrogen) atoms. The lowest BCUT2D eigenvalue weighted by atomic mass is 10.1. The number of nitrogens with one attached hydrogen (secondary N) is 2. The highest BCUT2D eigenvalue weighted by Gasteiger charge is 2.10. The molecule has 0 bridgehead atoms. The molecule has 2 N–H and O–H groups in total. The van der Waals surface area contributed by atoms with Crippen molar-refractivity contribution in [1.82, 2.24) is 15.4 Å². The smallest absolute Gasteiger partial charge is 0.301 e. The van der Waals surface area contributed by atoms with Gasteiger partial charge in [-0.15, -0.1) is 0 Å². The maximum Gasteiger partial charge on any atom is 0.346 e. The van der Waals surface area contributed by atoms with Gasteiger partial charge in [0.05, 0.1) is 11.9 Å². The van der Waals surface area contributed by atoms with Gasteiger partial charge in [0.15, 0.2) is 0 Å². The molecule has 0 atom stereocenters. The maximum absolute atomic E-state index is 13.0. The molecule has 130 valence electrons. The Labute approximate surface area is 148 Å². The van der Waals surface area contributed by atoms with E-state index in [9.17, 15) is 14.0 Å². The first-order chi connectivity index (χ1) is 12.5. The van der Waals surface area contributed by atoms with Crippen molar-refractivity contribution in [2.75, 3.05) is 0 Å². The molecule has 0 aliphatic carbocycles. The van der Waals surface area contributed by atoms with Gasteiger partial charge in [-0.05, 0) is 42.8 Å². The minimum Gasteiger partial charge on any atom is -0.301 e. The first kappa shape index (κ1) is 17.2. The number of aromatic amines is 1. The molecule has 3 rings (SSSR count). The van der Waals surface area contributed by atoms with Crippen LogP contribution in [0, 0.1) is 12.7 Å². The van der Waals surface area contributed by atoms with Crippen molar-refractivity contribution in [1.29, 1.82) is 0 Å². The molecular weight excluding hydrogens is 335 g/mol. The molecule has 0 aliphatic rings. The third-order valence-corrected chi connectivity index (χ3v) is 3.59. The zero-order chi connectivity index (χ0) is 18.5. The number of hydrogen-bond donors (Lipinski definition) is 2. The van der Waals surface area contributed by atoms with Crippen LogP contribution in [-0.2, 0) is 0 Å². The van der Waals surface area contributed by atoms with Crippen molar-refractivity contribution in [3.63, 3.8) is 0 Å². The summed E-state index contributed by atoms with van der Waals surface area (Å²) in [5, 5.41) is 3.87. The number of aromatic nitrogens is 2. The van der Waals surface area contributed by atoms with E-state index in [-0.39, 0.29) is 11.4 Å². The number of carbonyl (C=O) groups is 1. The van der Waals surface area contributed by atoms with E-state index < -0.39 is 17.4 Å². The Morgan fingerprint density at radius 3 is 2.54 bits per heavy atom. The van der Waals surface area contributed by atoms with Gasteiger partial charge >= 0.3 is 5.69 Å². The van der Waals surface area contributed by atoms with Crippen LogP contribution in [0.2, 0.25) is 0 Å². The first-order valence-electron chi connectivity index (χ1n) is 7.79. The number of carbonyl (C=O) groups excluding carboxylic acids is 1. The summed E-state index contributed by atoms with van der Waals surface area (Å²) < 4.78 is 13.0. The molecule has 0 unspecified atom stereocenters. The summed E-state index contributed by atoms with van der Waals surface area (Å²) in [6, 6.07) is 14.5. The molecule has 0 radical (unpaired) electrons. The molecular formula is C19H15FN4O2. The molecule has 0 saturated carbocycles. The summed E-state index contributed by atoms with van der Waals surface area (Å²) in [4.78, 5) is 30.1. The number of hydrogen-bond acceptors (Lipinski definition) is 4. The van der Waals surface area contributed by atoms with Crippen molar-refractivity contribution >= 4 is 12.1 Å². The third-order valence-electron chi connectivity index (χ3n) is 3.59. The number of amides is 1. The van der Waals surface area contributed by atoms with Crippen molar-refractivity contribution in [3.8, 4) is 11.3 Å². The topological polar surface area (TPSA) is 87.2 Å². The Kier molecular flexibility index (Phi) is 4.98. The number of hydrazone groups is 1. The van der Waals surface area contributed by atoms with Crippen molar-refractivity contribution in [3.05, 3.63) is 87.7 Å². The number of rotatable bonds is 4. The third kappa shape index (κ3) is 4.27. The van der Waals surface area contributed by atoms with Crippen LogP contribution in [0.15, 0.2) is 64.5 Å². The molecule has 0 aliphatic heterocycles. The summed E-state index contributed by atoms with van der Waals surface area (Å²) in [7, 11) is 0. The Bertz CT molecular complexity index is 1010. The predicted molar refractivity (Wildman–Crippen MR) is 96.5 cm³/mol. The molecule has 6 nitrogen and oxygen atoms in total. The second-order valence-corrected chi connectivity index (χ2v) is 5.60. The average Bonchev–Trinajstić information content (AvgIpc) is 2.63. The van der Waals surface area contributed by atoms with Crippen molar-refractivity contribution in [2.24, 2.45) is 5.10 Å². The average molecular weight is 350 g/mol. The van der Waals surface area contributed by atoms with Crippen LogP contribution in [-0.4, -0.2) is 22.1 Å². The second kappa shape index (κ2) is 7.52. The fourth-order valence-corrected chi connectivity index (χ4v) is 2.23. The molecule has 3 aromatic rings. The minimum atomic E-state index is -0.681. The van der Waals surface area contributed by atoms with Gasteiger partial charge in [0, 0.05) is 5.56 Å². The Morgan fingerprint density at radius 2 is 1.85 bits per heavy atom. The zero-order valence-electron chi connectivity index (χ0n) is 13.9. The fourth-order valence-electron chi connectivity index (χ4n) is 2.23. The molecule has 0 spiro atoms. The highest BCUT2D eigenvalue weighted by molar-refractivity contribution is 5.93. The van der Waals surface area contributed by atoms with Crippen LogP contribution in [0.5, 0.6) is 0 Å². The molecule has 1 aromatic heterocycles. The van der Waals surface area contributed by atoms with E-state index in [0.29, 0.717) is 5.56 Å². The summed E-state index contributed by atoms with van der Waals surface area (Å²) in [5.41, 5.74) is 4.41. The van der Waals surface area contributed by atoms with Crippen molar-refractivity contribution < 1.29 is 9.18 Å². The molecule has 7 heteroatoms. The Balaban J connectivity index is 1.77. The molecule has 0 fully saturated rings. The first-order valence-corrected chi connectivity index (χ1v) is 7.79. The second-order valence-electron chi connectivity index (χ2n) is 5.60. The maximum atomic E-state index is 13.0. The predicted octanol–water partition coefficient (Wildman–Crippen LogP) is 2.65. The monoisotopic (exact) mass is 350 g/mol. The lowest BCUT2D eigenvalue weighted by molar-refractivity contribution is 0.0949. The number of H-pyrrole nitrogens is 1. The lowest BCUT2D eigenvalue weighted by Crippen LogP contribution is -2.24. The van der Waals surface area contributed by atoms with Gasteiger partial charge in [0.2, 0.25) is 0 Å². The highest BCUT2D eigenvalue weighted by atomic mass is 19.1. The van der Waals surface area contributed by atoms with Crippen LogP contribution in [0.4, 0.5) is 4.39 Å². The van der Waals surface area contributed by atoms with Gasteiger partial charge in [-0.2, -0.15) is 10.1 Å². The number of halogens is 1. The van der Waals surface area contributed by atoms with Crippen LogP contribution in [0.1, 0.15) is 21.6 Å². The largest absolute Gasteiger partial charge is 0.346 e. The van der Waals surface area contributed by atoms with E-state index >= 15 is 0 Å². The van der Waals surface area contributed by atoms with Crippen LogP contribution in [0.3, 0.4) is 0 Å². The number of aryl methyl sites for hydroxylation is 1. The lowest BCUT2D eigenvalue weighted by Gasteiger charge is -2.04. The fraction of sp³-hybridized carbons (Fsp3) is 0.0526. The van der Waals surface area contributed by atoms with Gasteiger partial charge in [-0.25, -0.2) is 14.6 Å². The highest BCUT2D eigenvalue weighted by Crippen LogP contribution is 2.16. The van der Waals surface area contributed by atoms with Gasteiger partial charge in [-0.1, -0.05) is 29.8 Å².